The van der Waals surface area contributed by atoms with E-state index in [1.54, 1.807) is 49.4 Å². The first-order valence-corrected chi connectivity index (χ1v) is 8.69. The molecular weight excluding hydrogens is 382 g/mol. The van der Waals surface area contributed by atoms with Crippen molar-refractivity contribution in [1.29, 1.82) is 0 Å². The molecule has 0 radical (unpaired) electrons. The van der Waals surface area contributed by atoms with Gasteiger partial charge in [-0.3, -0.25) is 9.59 Å². The lowest BCUT2D eigenvalue weighted by Crippen LogP contribution is -2.27. The van der Waals surface area contributed by atoms with Crippen LogP contribution in [0.1, 0.15) is 16.2 Å². The Morgan fingerprint density at radius 3 is 2.61 bits per heavy atom. The van der Waals surface area contributed by atoms with E-state index in [4.69, 9.17) is 11.6 Å². The number of hydrogen-bond donors (Lipinski definition) is 3. The Bertz CT molecular complexity index is 1340. The highest BCUT2D eigenvalue weighted by Crippen LogP contribution is 2.20. The van der Waals surface area contributed by atoms with Gasteiger partial charge in [0, 0.05) is 17.4 Å². The van der Waals surface area contributed by atoms with E-state index in [0.717, 1.165) is 0 Å². The van der Waals surface area contributed by atoms with Crippen molar-refractivity contribution in [3.63, 3.8) is 0 Å². The Kier molecular flexibility index (Phi) is 4.32. The third-order valence-corrected chi connectivity index (χ3v) is 4.50. The van der Waals surface area contributed by atoms with Crippen LogP contribution in [0.15, 0.2) is 58.1 Å². The Hall–Kier alpha value is -3.65. The highest BCUT2D eigenvalue weighted by molar-refractivity contribution is 6.32. The molecule has 0 unspecified atom stereocenters. The van der Waals surface area contributed by atoms with Gasteiger partial charge in [0.15, 0.2) is 5.69 Å². The summed E-state index contributed by atoms with van der Waals surface area (Å²) in [7, 11) is 0. The molecule has 3 N–H and O–H groups in total. The fraction of sp³-hybridized carbons (Fsp3) is 0.0526. The molecule has 0 saturated heterocycles. The van der Waals surface area contributed by atoms with Crippen LogP contribution in [0.5, 0.6) is 0 Å². The number of H-pyrrole nitrogens is 2. The monoisotopic (exact) mass is 395 g/mol. The van der Waals surface area contributed by atoms with Crippen LogP contribution in [0.2, 0.25) is 5.02 Å². The molecule has 28 heavy (non-hydrogen) atoms. The highest BCUT2D eigenvalue weighted by Gasteiger charge is 2.17. The van der Waals surface area contributed by atoms with Crippen molar-refractivity contribution in [2.75, 3.05) is 5.32 Å². The van der Waals surface area contributed by atoms with E-state index in [0.29, 0.717) is 33.1 Å². The molecule has 9 heteroatoms. The molecule has 140 valence electrons. The van der Waals surface area contributed by atoms with Crippen molar-refractivity contribution in [3.05, 3.63) is 85.6 Å². The Morgan fingerprint density at radius 2 is 1.82 bits per heavy atom. The smallest absolute Gasteiger partial charge is 0.320 e. The zero-order valence-electron chi connectivity index (χ0n) is 14.6. The number of para-hydroxylation sites is 1. The molecule has 8 nitrogen and oxygen atoms in total. The number of nitrogens with zero attached hydrogens (tertiary/aromatic N) is 2. The summed E-state index contributed by atoms with van der Waals surface area (Å²) >= 11 is 6.22. The topological polar surface area (TPSA) is 113 Å². The van der Waals surface area contributed by atoms with Crippen molar-refractivity contribution < 1.29 is 4.79 Å². The van der Waals surface area contributed by atoms with Crippen molar-refractivity contribution in [3.8, 4) is 5.69 Å². The van der Waals surface area contributed by atoms with Gasteiger partial charge < -0.3 is 15.3 Å². The van der Waals surface area contributed by atoms with Gasteiger partial charge in [-0.2, -0.15) is 5.10 Å². The second-order valence-electron chi connectivity index (χ2n) is 6.16. The lowest BCUT2D eigenvalue weighted by atomic mass is 10.2. The molecule has 0 bridgehead atoms. The SMILES string of the molecule is Cc1cc(=O)c(C(=O)Nc2ccc3[nH]c(=O)[nH]c3c2)nn1-c1ccccc1Cl. The number of carbonyl (C=O) groups excluding carboxylic acids is 1. The molecule has 2 heterocycles. The number of fused-ring (bicyclic) bond motifs is 1. The molecule has 2 aromatic heterocycles. The number of anilines is 1. The van der Waals surface area contributed by atoms with E-state index < -0.39 is 11.3 Å². The first-order valence-electron chi connectivity index (χ1n) is 8.31. The molecule has 4 aromatic rings. The predicted molar refractivity (Wildman–Crippen MR) is 106 cm³/mol. The van der Waals surface area contributed by atoms with Crippen LogP contribution in [-0.2, 0) is 0 Å². The van der Waals surface area contributed by atoms with Gasteiger partial charge in [0.05, 0.1) is 21.7 Å². The van der Waals surface area contributed by atoms with Gasteiger partial charge in [0.25, 0.3) is 5.91 Å². The Balaban J connectivity index is 1.72. The third-order valence-electron chi connectivity index (χ3n) is 4.18. The summed E-state index contributed by atoms with van der Waals surface area (Å²) in [5.74, 6) is -0.664. The predicted octanol–water partition coefficient (Wildman–Crippen LogP) is 2.62. The van der Waals surface area contributed by atoms with E-state index in [-0.39, 0.29) is 11.4 Å². The van der Waals surface area contributed by atoms with Gasteiger partial charge in [-0.25, -0.2) is 9.48 Å². The van der Waals surface area contributed by atoms with E-state index >= 15 is 0 Å². The Morgan fingerprint density at radius 1 is 1.07 bits per heavy atom. The number of aryl methyl sites for hydroxylation is 1. The largest absolute Gasteiger partial charge is 0.323 e. The fourth-order valence-electron chi connectivity index (χ4n) is 2.87. The summed E-state index contributed by atoms with van der Waals surface area (Å²) in [5, 5.41) is 7.28. The number of aromatic amines is 2. The van der Waals surface area contributed by atoms with Gasteiger partial charge in [-0.15, -0.1) is 0 Å². The average molecular weight is 396 g/mol. The van der Waals surface area contributed by atoms with Gasteiger partial charge in [0.1, 0.15) is 0 Å². The average Bonchev–Trinajstić information content (AvgIpc) is 3.02. The number of benzene rings is 2. The maximum atomic E-state index is 12.7. The van der Waals surface area contributed by atoms with Crippen LogP contribution in [0.25, 0.3) is 16.7 Å². The minimum atomic E-state index is -0.664. The first-order chi connectivity index (χ1) is 13.4. The van der Waals surface area contributed by atoms with E-state index in [1.807, 2.05) is 0 Å². The highest BCUT2D eigenvalue weighted by atomic mass is 35.5. The molecule has 0 saturated carbocycles. The molecule has 4 rings (SSSR count). The van der Waals surface area contributed by atoms with Crippen molar-refractivity contribution >= 4 is 34.2 Å². The Labute approximate surface area is 162 Å². The minimum Gasteiger partial charge on any atom is -0.320 e. The number of halogens is 1. The molecule has 1 amide bonds. The quantitative estimate of drug-likeness (QED) is 0.495. The summed E-state index contributed by atoms with van der Waals surface area (Å²) in [6.45, 7) is 1.70. The molecule has 0 atom stereocenters. The van der Waals surface area contributed by atoms with E-state index in [2.05, 4.69) is 20.4 Å². The number of aromatic nitrogens is 4. The number of amides is 1. The first kappa shape index (κ1) is 17.7. The number of nitrogens with one attached hydrogen (secondary N) is 3. The standard InChI is InChI=1S/C19H14ClN5O3/c1-10-8-16(26)17(24-25(10)15-5-3-2-4-12(15)20)18(27)21-11-6-7-13-14(9-11)23-19(28)22-13/h2-9H,1H3,(H,21,27)(H2,22,23,28). The molecule has 2 aromatic carbocycles. The summed E-state index contributed by atoms with van der Waals surface area (Å²) in [4.78, 5) is 41.6. The fourth-order valence-corrected chi connectivity index (χ4v) is 3.09. The van der Waals surface area contributed by atoms with Crippen LogP contribution < -0.4 is 16.4 Å². The minimum absolute atomic E-state index is 0.270. The maximum absolute atomic E-state index is 12.7. The molecule has 0 aliphatic heterocycles. The molecule has 0 aliphatic carbocycles. The van der Waals surface area contributed by atoms with E-state index in [1.165, 1.54) is 10.7 Å². The van der Waals surface area contributed by atoms with Crippen molar-refractivity contribution in [1.82, 2.24) is 19.7 Å². The van der Waals surface area contributed by atoms with Crippen molar-refractivity contribution in [2.45, 2.75) is 6.92 Å². The number of rotatable bonds is 3. The maximum Gasteiger partial charge on any atom is 0.323 e. The molecule has 0 spiro atoms. The summed E-state index contributed by atoms with van der Waals surface area (Å²) in [6.07, 6.45) is 0. The lowest BCUT2D eigenvalue weighted by Gasteiger charge is -2.12. The van der Waals surface area contributed by atoms with Gasteiger partial charge in [0.2, 0.25) is 5.43 Å². The summed E-state index contributed by atoms with van der Waals surface area (Å²) < 4.78 is 1.45. The van der Waals surface area contributed by atoms with Gasteiger partial charge in [-0.05, 0) is 37.3 Å². The zero-order chi connectivity index (χ0) is 19.8. The summed E-state index contributed by atoms with van der Waals surface area (Å²) in [6, 6.07) is 13.2. The van der Waals surface area contributed by atoms with E-state index in [9.17, 15) is 14.4 Å². The summed E-state index contributed by atoms with van der Waals surface area (Å²) in [5.41, 5.74) is 1.54. The van der Waals surface area contributed by atoms with Crippen LogP contribution >= 0.6 is 11.6 Å². The molecule has 0 aliphatic rings. The van der Waals surface area contributed by atoms with Crippen LogP contribution in [0.3, 0.4) is 0 Å². The number of imidazole rings is 1. The third kappa shape index (κ3) is 3.21. The second kappa shape index (κ2) is 6.82. The van der Waals surface area contributed by atoms with Gasteiger partial charge >= 0.3 is 5.69 Å². The number of hydrogen-bond acceptors (Lipinski definition) is 4. The second-order valence-corrected chi connectivity index (χ2v) is 6.56. The van der Waals surface area contributed by atoms with Crippen LogP contribution in [0, 0.1) is 6.92 Å². The molecule has 0 fully saturated rings. The van der Waals surface area contributed by atoms with Crippen molar-refractivity contribution in [2.24, 2.45) is 0 Å². The van der Waals surface area contributed by atoms with Crippen LogP contribution in [0.4, 0.5) is 5.69 Å². The van der Waals surface area contributed by atoms with Crippen LogP contribution in [-0.4, -0.2) is 25.7 Å². The lowest BCUT2D eigenvalue weighted by molar-refractivity contribution is 0.101. The van der Waals surface area contributed by atoms with Gasteiger partial charge in [-0.1, -0.05) is 23.7 Å². The zero-order valence-corrected chi connectivity index (χ0v) is 15.4. The normalized spacial score (nSPS) is 10.9. The molecular formula is C19H14ClN5O3. The number of carbonyl (C=O) groups is 1.